The zero-order chi connectivity index (χ0) is 24.7. The maximum absolute atomic E-state index is 10.8. The number of allylic oxidation sites excluding steroid dienone is 7. The van der Waals surface area contributed by atoms with E-state index in [4.69, 9.17) is 19.7 Å². The Morgan fingerprint density at radius 1 is 0.788 bits per heavy atom. The summed E-state index contributed by atoms with van der Waals surface area (Å²) >= 11 is 0. The molecule has 0 unspecified atom stereocenters. The molecule has 2 rings (SSSR count). The first-order valence-electron chi connectivity index (χ1n) is 11.0. The molecule has 1 aromatic carbocycles. The maximum Gasteiger partial charge on any atom is 0.285 e. The van der Waals surface area contributed by atoms with Gasteiger partial charge in [0, 0.05) is 40.5 Å². The number of aliphatic hydroxyl groups is 1. The summed E-state index contributed by atoms with van der Waals surface area (Å²) in [5.74, 6) is -0.174. The van der Waals surface area contributed by atoms with Crippen LogP contribution in [0.15, 0.2) is 85.3 Å². The lowest BCUT2D eigenvalue weighted by molar-refractivity contribution is 0.139. The predicted octanol–water partition coefficient (Wildman–Crippen LogP) is 6.71. The van der Waals surface area contributed by atoms with Gasteiger partial charge in [0.05, 0.1) is 29.8 Å². The van der Waals surface area contributed by atoms with E-state index in [0.29, 0.717) is 12.0 Å². The van der Waals surface area contributed by atoms with Crippen LogP contribution in [0, 0.1) is 0 Å². The molecule has 6 nitrogen and oxygen atoms in total. The normalized spacial score (nSPS) is 25.7. The highest BCUT2D eigenvalue weighted by molar-refractivity contribution is 6.13. The summed E-state index contributed by atoms with van der Waals surface area (Å²) < 4.78 is 5.30. The van der Waals surface area contributed by atoms with Gasteiger partial charge < -0.3 is 15.2 Å². The minimum absolute atomic E-state index is 0.174. The number of nitrogens with one attached hydrogen (secondary N) is 1. The molecule has 0 amide bonds. The Balaban J connectivity index is 2.91. The molecule has 1 aliphatic heterocycles. The van der Waals surface area contributed by atoms with Crippen LogP contribution in [0.2, 0.25) is 0 Å². The SMILES string of the molecule is CO\C(O)=C(C1=C(\C)N/C(C)=C(/C)N=C(C)CC(C)=N\C(C)=C(C)/N=C\1C)\c1ccccc1. The highest BCUT2D eigenvalue weighted by Gasteiger charge is 2.21. The minimum Gasteiger partial charge on any atom is -0.481 e. The average Bonchev–Trinajstić information content (AvgIpc) is 2.76. The van der Waals surface area contributed by atoms with Gasteiger partial charge in [0.25, 0.3) is 5.95 Å². The van der Waals surface area contributed by atoms with Crippen LogP contribution in [-0.2, 0) is 4.74 Å². The molecular weight excluding hydrogens is 412 g/mol. The summed E-state index contributed by atoms with van der Waals surface area (Å²) in [7, 11) is 1.46. The Bertz CT molecular complexity index is 1110. The van der Waals surface area contributed by atoms with Crippen LogP contribution < -0.4 is 5.32 Å². The van der Waals surface area contributed by atoms with Crippen molar-refractivity contribution in [3.63, 3.8) is 0 Å². The minimum atomic E-state index is -0.174. The summed E-state index contributed by atoms with van der Waals surface area (Å²) in [5, 5.41) is 14.3. The van der Waals surface area contributed by atoms with E-state index in [1.54, 1.807) is 0 Å². The molecule has 0 saturated carbocycles. The molecule has 0 radical (unpaired) electrons. The van der Waals surface area contributed by atoms with E-state index in [0.717, 1.165) is 56.8 Å². The molecule has 0 aliphatic carbocycles. The zero-order valence-electron chi connectivity index (χ0n) is 21.3. The van der Waals surface area contributed by atoms with Gasteiger partial charge in [0.2, 0.25) is 0 Å². The third-order valence-corrected chi connectivity index (χ3v) is 5.46. The van der Waals surface area contributed by atoms with Gasteiger partial charge >= 0.3 is 0 Å². The summed E-state index contributed by atoms with van der Waals surface area (Å²) in [5.41, 5.74) is 9.09. The topological polar surface area (TPSA) is 78.6 Å². The first-order valence-corrected chi connectivity index (χ1v) is 11.0. The largest absolute Gasteiger partial charge is 0.481 e. The third kappa shape index (κ3) is 6.78. The second-order valence-electron chi connectivity index (χ2n) is 8.32. The molecule has 33 heavy (non-hydrogen) atoms. The van der Waals surface area contributed by atoms with Crippen LogP contribution in [-0.4, -0.2) is 29.4 Å². The molecule has 0 fully saturated rings. The van der Waals surface area contributed by atoms with Crippen LogP contribution in [0.5, 0.6) is 0 Å². The number of aliphatic hydroxyl groups excluding tert-OH is 1. The van der Waals surface area contributed by atoms with E-state index in [-0.39, 0.29) is 5.95 Å². The van der Waals surface area contributed by atoms with Crippen LogP contribution >= 0.6 is 0 Å². The average molecular weight is 449 g/mol. The third-order valence-electron chi connectivity index (χ3n) is 5.46. The molecule has 1 aliphatic rings. The van der Waals surface area contributed by atoms with Crippen molar-refractivity contribution in [2.75, 3.05) is 7.11 Å². The number of aliphatic imine (C=N–C) groups is 3. The van der Waals surface area contributed by atoms with E-state index in [2.05, 4.69) is 5.32 Å². The first-order chi connectivity index (χ1) is 15.5. The van der Waals surface area contributed by atoms with Gasteiger partial charge in [-0.3, -0.25) is 15.0 Å². The molecule has 6 heteroatoms. The van der Waals surface area contributed by atoms with E-state index in [9.17, 15) is 5.11 Å². The number of hydrogen-bond acceptors (Lipinski definition) is 6. The van der Waals surface area contributed by atoms with E-state index >= 15 is 0 Å². The predicted molar refractivity (Wildman–Crippen MR) is 140 cm³/mol. The second-order valence-corrected chi connectivity index (χ2v) is 8.32. The van der Waals surface area contributed by atoms with Crippen molar-refractivity contribution in [3.05, 3.63) is 75.9 Å². The van der Waals surface area contributed by atoms with Crippen LogP contribution in [0.3, 0.4) is 0 Å². The molecule has 0 atom stereocenters. The second kappa shape index (κ2) is 11.5. The van der Waals surface area contributed by atoms with Gasteiger partial charge in [-0.2, -0.15) is 0 Å². The Morgan fingerprint density at radius 2 is 1.33 bits per heavy atom. The van der Waals surface area contributed by atoms with E-state index < -0.39 is 0 Å². The molecule has 1 heterocycles. The molecule has 1 aromatic rings. The molecule has 0 aromatic heterocycles. The maximum atomic E-state index is 10.8. The quantitative estimate of drug-likeness (QED) is 0.504. The van der Waals surface area contributed by atoms with Crippen LogP contribution in [0.4, 0.5) is 0 Å². The van der Waals surface area contributed by atoms with Gasteiger partial charge in [-0.05, 0) is 61.0 Å². The molecule has 0 saturated heterocycles. The van der Waals surface area contributed by atoms with Crippen molar-refractivity contribution < 1.29 is 9.84 Å². The summed E-state index contributed by atoms with van der Waals surface area (Å²) in [4.78, 5) is 14.4. The molecule has 176 valence electrons. The fourth-order valence-corrected chi connectivity index (χ4v) is 3.73. The summed E-state index contributed by atoms with van der Waals surface area (Å²) in [6.07, 6.45) is 0.695. The van der Waals surface area contributed by atoms with Gasteiger partial charge in [-0.25, -0.2) is 0 Å². The lowest BCUT2D eigenvalue weighted by Gasteiger charge is -2.20. The monoisotopic (exact) mass is 448 g/mol. The number of methoxy groups -OCH3 is 1. The van der Waals surface area contributed by atoms with Gasteiger partial charge in [-0.15, -0.1) is 0 Å². The lowest BCUT2D eigenvalue weighted by atomic mass is 9.93. The highest BCUT2D eigenvalue weighted by Crippen LogP contribution is 2.30. The van der Waals surface area contributed by atoms with Crippen LogP contribution in [0.25, 0.3) is 5.57 Å². The van der Waals surface area contributed by atoms with Crippen molar-refractivity contribution in [2.45, 2.75) is 61.8 Å². The fraction of sp³-hybridized carbons (Fsp3) is 0.370. The summed E-state index contributed by atoms with van der Waals surface area (Å²) in [6, 6.07) is 9.67. The molecule has 0 spiro atoms. The van der Waals surface area contributed by atoms with Crippen LogP contribution in [0.1, 0.15) is 67.4 Å². The van der Waals surface area contributed by atoms with Crippen molar-refractivity contribution in [2.24, 2.45) is 15.0 Å². The van der Waals surface area contributed by atoms with Gasteiger partial charge in [-0.1, -0.05) is 30.3 Å². The van der Waals surface area contributed by atoms with Gasteiger partial charge in [0.1, 0.15) is 0 Å². The fourth-order valence-electron chi connectivity index (χ4n) is 3.73. The zero-order valence-corrected chi connectivity index (χ0v) is 21.3. The Hall–Kier alpha value is -3.41. The Morgan fingerprint density at radius 3 is 1.91 bits per heavy atom. The van der Waals surface area contributed by atoms with E-state index in [1.807, 2.05) is 85.7 Å². The summed E-state index contributed by atoms with van der Waals surface area (Å²) in [6.45, 7) is 15.8. The number of ether oxygens (including phenoxy) is 1. The van der Waals surface area contributed by atoms with Crippen molar-refractivity contribution in [1.82, 2.24) is 5.32 Å². The molecule has 2 N–H and O–H groups in total. The highest BCUT2D eigenvalue weighted by atomic mass is 16.6. The van der Waals surface area contributed by atoms with E-state index in [1.165, 1.54) is 7.11 Å². The van der Waals surface area contributed by atoms with Crippen molar-refractivity contribution in [1.29, 1.82) is 0 Å². The number of hydrogen-bond donors (Lipinski definition) is 2. The van der Waals surface area contributed by atoms with Crippen molar-refractivity contribution >= 4 is 22.7 Å². The molecule has 0 bridgehead atoms. The Labute approximate surface area is 197 Å². The number of rotatable bonds is 3. The lowest BCUT2D eigenvalue weighted by Crippen LogP contribution is -2.17. The van der Waals surface area contributed by atoms with Crippen molar-refractivity contribution in [3.8, 4) is 0 Å². The molecular formula is C27H36N4O2. The standard InChI is InChI=1S/C27H36N4O2/c1-16-15-17(2)29-19(4)21(6)31-23(8)25(22(7)30-20(5)18(3)28-16)26(27(32)33-9)24-13-11-10-12-14-24/h10-14,30,32H,15H2,1-9H3/b20-18-,21-19-,25-22+,27-26-,28-16?,29-17?,31-23-. The number of nitrogens with zero attached hydrogens (tertiary/aromatic N) is 3. The van der Waals surface area contributed by atoms with Gasteiger partial charge in [0.15, 0.2) is 0 Å². The number of benzene rings is 1. The first kappa shape index (κ1) is 25.8. The smallest absolute Gasteiger partial charge is 0.285 e. The Kier molecular flexibility index (Phi) is 8.97.